The van der Waals surface area contributed by atoms with Crippen LogP contribution in [0.2, 0.25) is 0 Å². The maximum absolute atomic E-state index is 12.2. The van der Waals surface area contributed by atoms with Gasteiger partial charge in [-0.1, -0.05) is 36.8 Å². The SMILES string of the molecule is Cc1ccc(CNC(=O)[C@@H](C)[NH+]2CCC(C)CC2)cc1. The van der Waals surface area contributed by atoms with Gasteiger partial charge in [-0.25, -0.2) is 0 Å². The van der Waals surface area contributed by atoms with Gasteiger partial charge in [-0.05, 0) is 38.2 Å². The fourth-order valence-corrected chi connectivity index (χ4v) is 2.80. The molecule has 1 atom stereocenters. The van der Waals surface area contributed by atoms with E-state index >= 15 is 0 Å². The first-order valence-corrected chi connectivity index (χ1v) is 7.74. The minimum Gasteiger partial charge on any atom is -0.347 e. The molecule has 110 valence electrons. The second-order valence-electron chi connectivity index (χ2n) is 6.27. The number of nitrogens with one attached hydrogen (secondary N) is 2. The van der Waals surface area contributed by atoms with Gasteiger partial charge in [0, 0.05) is 6.54 Å². The highest BCUT2D eigenvalue weighted by Crippen LogP contribution is 2.07. The Morgan fingerprint density at radius 3 is 2.50 bits per heavy atom. The summed E-state index contributed by atoms with van der Waals surface area (Å²) in [5.74, 6) is 0.997. The highest BCUT2D eigenvalue weighted by molar-refractivity contribution is 5.79. The molecule has 3 heteroatoms. The molecular formula is C17H27N2O+. The van der Waals surface area contributed by atoms with Gasteiger partial charge in [0.25, 0.3) is 5.91 Å². The van der Waals surface area contributed by atoms with Gasteiger partial charge in [0.05, 0.1) is 13.1 Å². The molecule has 0 radical (unpaired) electrons. The minimum absolute atomic E-state index is 0.0629. The van der Waals surface area contributed by atoms with Crippen molar-refractivity contribution in [1.82, 2.24) is 5.32 Å². The van der Waals surface area contributed by atoms with Crippen molar-refractivity contribution < 1.29 is 9.69 Å². The Morgan fingerprint density at radius 2 is 1.90 bits per heavy atom. The van der Waals surface area contributed by atoms with Gasteiger partial charge in [-0.2, -0.15) is 0 Å². The first kappa shape index (κ1) is 15.0. The normalized spacial score (nSPS) is 24.1. The quantitative estimate of drug-likeness (QED) is 0.853. The molecule has 0 aromatic heterocycles. The van der Waals surface area contributed by atoms with Crippen LogP contribution in [0.25, 0.3) is 0 Å². The van der Waals surface area contributed by atoms with Gasteiger partial charge in [-0.3, -0.25) is 4.79 Å². The standard InChI is InChI=1S/C17H26N2O/c1-13-4-6-16(7-5-13)12-18-17(20)15(3)19-10-8-14(2)9-11-19/h4-7,14-15H,8-12H2,1-3H3,(H,18,20)/p+1/t15-/m1/s1. The number of rotatable bonds is 4. The number of hydrogen-bond acceptors (Lipinski definition) is 1. The second kappa shape index (κ2) is 6.89. The van der Waals surface area contributed by atoms with Crippen LogP contribution in [0.15, 0.2) is 24.3 Å². The molecule has 0 unspecified atom stereocenters. The van der Waals surface area contributed by atoms with Crippen LogP contribution < -0.4 is 10.2 Å². The topological polar surface area (TPSA) is 33.5 Å². The van der Waals surface area contributed by atoms with E-state index in [2.05, 4.69) is 50.4 Å². The van der Waals surface area contributed by atoms with E-state index < -0.39 is 0 Å². The largest absolute Gasteiger partial charge is 0.347 e. The summed E-state index contributed by atoms with van der Waals surface area (Å²) >= 11 is 0. The van der Waals surface area contributed by atoms with Crippen molar-refractivity contribution in [3.8, 4) is 0 Å². The molecule has 1 heterocycles. The van der Waals surface area contributed by atoms with Crippen LogP contribution >= 0.6 is 0 Å². The molecule has 1 fully saturated rings. The van der Waals surface area contributed by atoms with Crippen molar-refractivity contribution in [2.75, 3.05) is 13.1 Å². The Hall–Kier alpha value is -1.35. The zero-order valence-electron chi connectivity index (χ0n) is 12.9. The maximum atomic E-state index is 12.2. The van der Waals surface area contributed by atoms with E-state index in [9.17, 15) is 4.79 Å². The fraction of sp³-hybridized carbons (Fsp3) is 0.588. The molecule has 1 amide bonds. The van der Waals surface area contributed by atoms with E-state index in [0.717, 1.165) is 19.0 Å². The highest BCUT2D eigenvalue weighted by Gasteiger charge is 2.28. The molecule has 0 aliphatic carbocycles. The zero-order valence-corrected chi connectivity index (χ0v) is 12.9. The average molecular weight is 275 g/mol. The maximum Gasteiger partial charge on any atom is 0.278 e. The predicted molar refractivity (Wildman–Crippen MR) is 81.6 cm³/mol. The van der Waals surface area contributed by atoms with E-state index in [4.69, 9.17) is 0 Å². The smallest absolute Gasteiger partial charge is 0.278 e. The third kappa shape index (κ3) is 4.07. The van der Waals surface area contributed by atoms with E-state index in [1.54, 1.807) is 0 Å². The summed E-state index contributed by atoms with van der Waals surface area (Å²) < 4.78 is 0. The molecule has 1 aromatic carbocycles. The lowest BCUT2D eigenvalue weighted by Crippen LogP contribution is -3.17. The fourth-order valence-electron chi connectivity index (χ4n) is 2.80. The van der Waals surface area contributed by atoms with Crippen LogP contribution in [0.5, 0.6) is 0 Å². The predicted octanol–water partition coefficient (Wildman–Crippen LogP) is 1.31. The van der Waals surface area contributed by atoms with Gasteiger partial charge < -0.3 is 10.2 Å². The van der Waals surface area contributed by atoms with E-state index in [1.807, 2.05) is 0 Å². The summed E-state index contributed by atoms with van der Waals surface area (Å²) in [6, 6.07) is 8.39. The van der Waals surface area contributed by atoms with Gasteiger partial charge in [-0.15, -0.1) is 0 Å². The monoisotopic (exact) mass is 275 g/mol. The third-order valence-corrected chi connectivity index (χ3v) is 4.51. The number of carbonyl (C=O) groups excluding carboxylic acids is 1. The summed E-state index contributed by atoms with van der Waals surface area (Å²) in [5, 5.41) is 3.07. The minimum atomic E-state index is 0.0629. The molecule has 20 heavy (non-hydrogen) atoms. The van der Waals surface area contributed by atoms with Gasteiger partial charge >= 0.3 is 0 Å². The molecule has 2 rings (SSSR count). The van der Waals surface area contributed by atoms with Crippen LogP contribution in [0.1, 0.15) is 37.8 Å². The van der Waals surface area contributed by atoms with Crippen LogP contribution in [0.4, 0.5) is 0 Å². The molecule has 0 saturated carbocycles. The van der Waals surface area contributed by atoms with E-state index in [-0.39, 0.29) is 11.9 Å². The molecule has 2 N–H and O–H groups in total. The lowest BCUT2D eigenvalue weighted by molar-refractivity contribution is -0.920. The van der Waals surface area contributed by atoms with Crippen molar-refractivity contribution in [2.24, 2.45) is 5.92 Å². The number of quaternary nitrogens is 1. The summed E-state index contributed by atoms with van der Waals surface area (Å²) in [6.07, 6.45) is 2.48. The molecule has 1 saturated heterocycles. The Morgan fingerprint density at radius 1 is 1.30 bits per heavy atom. The summed E-state index contributed by atoms with van der Waals surface area (Å²) in [6.45, 7) is 9.31. The molecule has 0 bridgehead atoms. The summed E-state index contributed by atoms with van der Waals surface area (Å²) in [5.41, 5.74) is 2.42. The summed E-state index contributed by atoms with van der Waals surface area (Å²) in [7, 11) is 0. The van der Waals surface area contributed by atoms with E-state index in [0.29, 0.717) is 6.54 Å². The lowest BCUT2D eigenvalue weighted by atomic mass is 9.98. The van der Waals surface area contributed by atoms with Gasteiger partial charge in [0.1, 0.15) is 0 Å². The molecule has 1 aliphatic rings. The average Bonchev–Trinajstić information content (AvgIpc) is 2.46. The summed E-state index contributed by atoms with van der Waals surface area (Å²) in [4.78, 5) is 13.7. The Kier molecular flexibility index (Phi) is 5.18. The number of benzene rings is 1. The van der Waals surface area contributed by atoms with Crippen molar-refractivity contribution in [1.29, 1.82) is 0 Å². The molecule has 0 spiro atoms. The number of hydrogen-bond donors (Lipinski definition) is 2. The first-order valence-electron chi connectivity index (χ1n) is 7.74. The number of likely N-dealkylation sites (tertiary alicyclic amines) is 1. The van der Waals surface area contributed by atoms with Crippen molar-refractivity contribution in [3.63, 3.8) is 0 Å². The molecular weight excluding hydrogens is 248 g/mol. The van der Waals surface area contributed by atoms with Crippen LogP contribution in [-0.4, -0.2) is 25.0 Å². The number of amides is 1. The van der Waals surface area contributed by atoms with Crippen molar-refractivity contribution >= 4 is 5.91 Å². The zero-order chi connectivity index (χ0) is 14.5. The van der Waals surface area contributed by atoms with Gasteiger partial charge in [0.2, 0.25) is 0 Å². The Labute approximate surface area is 122 Å². The first-order chi connectivity index (χ1) is 9.56. The Bertz CT molecular complexity index is 433. The third-order valence-electron chi connectivity index (χ3n) is 4.51. The number of carbonyl (C=O) groups is 1. The van der Waals surface area contributed by atoms with Crippen LogP contribution in [0, 0.1) is 12.8 Å². The molecule has 1 aliphatic heterocycles. The highest BCUT2D eigenvalue weighted by atomic mass is 16.2. The second-order valence-corrected chi connectivity index (χ2v) is 6.27. The van der Waals surface area contributed by atoms with Crippen molar-refractivity contribution in [3.05, 3.63) is 35.4 Å². The van der Waals surface area contributed by atoms with E-state index in [1.165, 1.54) is 28.9 Å². The van der Waals surface area contributed by atoms with Crippen molar-refractivity contribution in [2.45, 2.75) is 46.2 Å². The van der Waals surface area contributed by atoms with Crippen LogP contribution in [0.3, 0.4) is 0 Å². The Balaban J connectivity index is 1.80. The molecule has 3 nitrogen and oxygen atoms in total. The molecule has 1 aromatic rings. The number of aryl methyl sites for hydroxylation is 1. The lowest BCUT2D eigenvalue weighted by Gasteiger charge is -2.31. The van der Waals surface area contributed by atoms with Gasteiger partial charge in [0.15, 0.2) is 6.04 Å². The van der Waals surface area contributed by atoms with Crippen LogP contribution in [-0.2, 0) is 11.3 Å². The number of piperidine rings is 1.